The minimum atomic E-state index is -3.68. The third-order valence-electron chi connectivity index (χ3n) is 1.88. The van der Waals surface area contributed by atoms with Crippen LogP contribution in [0.1, 0.15) is 25.7 Å². The van der Waals surface area contributed by atoms with Crippen LogP contribution < -0.4 is 11.5 Å². The van der Waals surface area contributed by atoms with Crippen LogP contribution in [0.5, 0.6) is 0 Å². The van der Waals surface area contributed by atoms with E-state index in [2.05, 4.69) is 3.07 Å². The molecule has 8 heteroatoms. The molecule has 16 heavy (non-hydrogen) atoms. The van der Waals surface area contributed by atoms with E-state index in [0.29, 0.717) is 12.8 Å². The van der Waals surface area contributed by atoms with Gasteiger partial charge in [0.25, 0.3) is 0 Å². The molecule has 0 heterocycles. The maximum atomic E-state index is 11.3. The number of primary amides is 1. The molecule has 0 rings (SSSR count). The zero-order chi connectivity index (χ0) is 12.6. The summed E-state index contributed by atoms with van der Waals surface area (Å²) in [7, 11) is 0. The van der Waals surface area contributed by atoms with E-state index in [1.165, 1.54) is 0 Å². The SMILES string of the molecule is NC(=O)C[C@H](N)C(=O)CCCC[O][Sn](=[O])[OH]. The Morgan fingerprint density at radius 1 is 1.38 bits per heavy atom. The maximum absolute atomic E-state index is 11.3. The van der Waals surface area contributed by atoms with Crippen molar-refractivity contribution >= 4 is 32.3 Å². The van der Waals surface area contributed by atoms with Gasteiger partial charge in [-0.2, -0.15) is 0 Å². The molecule has 0 aromatic carbocycles. The molecule has 0 saturated carbocycles. The van der Waals surface area contributed by atoms with Crippen molar-refractivity contribution in [3.63, 3.8) is 0 Å². The van der Waals surface area contributed by atoms with Crippen molar-refractivity contribution in [2.24, 2.45) is 11.5 Å². The van der Waals surface area contributed by atoms with Gasteiger partial charge in [-0.25, -0.2) is 0 Å². The van der Waals surface area contributed by atoms with Crippen molar-refractivity contribution in [1.82, 2.24) is 0 Å². The van der Waals surface area contributed by atoms with E-state index < -0.39 is 32.5 Å². The van der Waals surface area contributed by atoms with Gasteiger partial charge in [0, 0.05) is 0 Å². The van der Waals surface area contributed by atoms with Crippen LogP contribution in [0.3, 0.4) is 0 Å². The first-order chi connectivity index (χ1) is 7.43. The van der Waals surface area contributed by atoms with E-state index in [1.807, 2.05) is 0 Å². The Hall–Kier alpha value is -0.381. The van der Waals surface area contributed by atoms with Crippen molar-refractivity contribution < 1.29 is 19.2 Å². The quantitative estimate of drug-likeness (QED) is 0.341. The second-order valence-electron chi connectivity index (χ2n) is 3.31. The fraction of sp³-hybridized carbons (Fsp3) is 0.750. The molecular weight excluding hydrogens is 323 g/mol. The topological polar surface area (TPSA) is 133 Å². The molecule has 1 amide bonds. The number of hydrogen-bond donors (Lipinski definition) is 3. The molecule has 0 fully saturated rings. The summed E-state index contributed by atoms with van der Waals surface area (Å²) in [5.74, 6) is -0.837. The van der Waals surface area contributed by atoms with E-state index in [1.54, 1.807) is 0 Å². The molecule has 0 unspecified atom stereocenters. The van der Waals surface area contributed by atoms with Crippen LogP contribution in [0.15, 0.2) is 0 Å². The van der Waals surface area contributed by atoms with Crippen LogP contribution in [0.25, 0.3) is 0 Å². The van der Waals surface area contributed by atoms with E-state index in [0.717, 1.165) is 0 Å². The number of amides is 1. The van der Waals surface area contributed by atoms with Crippen LogP contribution in [-0.2, 0) is 15.7 Å². The first-order valence-corrected chi connectivity index (χ1v) is 8.46. The van der Waals surface area contributed by atoms with Gasteiger partial charge in [0.05, 0.1) is 0 Å². The van der Waals surface area contributed by atoms with Crippen LogP contribution in [0.2, 0.25) is 0 Å². The molecule has 5 N–H and O–H groups in total. The van der Waals surface area contributed by atoms with Crippen LogP contribution in [-0.4, -0.2) is 48.4 Å². The molecule has 0 saturated heterocycles. The summed E-state index contributed by atoms with van der Waals surface area (Å²) in [6.45, 7) is 0.174. The average Bonchev–Trinajstić information content (AvgIpc) is 2.15. The molecule has 0 spiro atoms. The third kappa shape index (κ3) is 8.89. The van der Waals surface area contributed by atoms with Crippen LogP contribution in [0, 0.1) is 0 Å². The van der Waals surface area contributed by atoms with E-state index >= 15 is 0 Å². The number of carbonyl (C=O) groups excluding carboxylic acids is 2. The van der Waals surface area contributed by atoms with Gasteiger partial charge in [0.2, 0.25) is 0 Å². The minimum absolute atomic E-state index is 0.148. The number of ketones is 1. The molecule has 0 aliphatic carbocycles. The summed E-state index contributed by atoms with van der Waals surface area (Å²) in [6.07, 6.45) is 1.11. The number of carbonyl (C=O) groups is 2. The van der Waals surface area contributed by atoms with Crippen LogP contribution in [0.4, 0.5) is 0 Å². The Morgan fingerprint density at radius 3 is 2.50 bits per heavy atom. The van der Waals surface area contributed by atoms with Gasteiger partial charge < -0.3 is 0 Å². The third-order valence-corrected chi connectivity index (χ3v) is 3.17. The first kappa shape index (κ1) is 15.6. The molecule has 0 aliphatic heterocycles. The Labute approximate surface area is 101 Å². The number of rotatable bonds is 9. The zero-order valence-corrected chi connectivity index (χ0v) is 11.7. The van der Waals surface area contributed by atoms with Gasteiger partial charge in [-0.3, -0.25) is 0 Å². The van der Waals surface area contributed by atoms with Gasteiger partial charge in [0.1, 0.15) is 0 Å². The van der Waals surface area contributed by atoms with Gasteiger partial charge in [-0.05, 0) is 0 Å². The van der Waals surface area contributed by atoms with E-state index in [4.69, 9.17) is 14.9 Å². The molecule has 0 aliphatic rings. The molecule has 0 aromatic rings. The molecule has 1 atom stereocenters. The molecule has 92 valence electrons. The summed E-state index contributed by atoms with van der Waals surface area (Å²) in [6, 6.07) is -0.846. The van der Waals surface area contributed by atoms with Gasteiger partial charge in [-0.1, -0.05) is 0 Å². The standard InChI is InChI=1S/C8H15N2O3.H2O.O.Sn/c9-6(5-8(10)13)7(12)3-1-2-4-11;;;/h6H,1-5,9H2,(H2,10,13);1H2;;/q-1;;;+2/p-1/t6-;;;/m0.../s1. The fourth-order valence-corrected chi connectivity index (χ4v) is 1.99. The first-order valence-electron chi connectivity index (χ1n) is 4.85. The molecule has 0 aromatic heterocycles. The Bertz CT molecular complexity index is 271. The van der Waals surface area contributed by atoms with Crippen molar-refractivity contribution in [2.45, 2.75) is 31.7 Å². The van der Waals surface area contributed by atoms with Crippen LogP contribution >= 0.6 is 0 Å². The summed E-state index contributed by atoms with van der Waals surface area (Å²) in [4.78, 5) is 21.8. The predicted molar refractivity (Wildman–Crippen MR) is 55.3 cm³/mol. The second-order valence-corrected chi connectivity index (χ2v) is 5.66. The summed E-state index contributed by atoms with van der Waals surface area (Å²) < 4.78 is 23.2. The normalized spacial score (nSPS) is 12.1. The monoisotopic (exact) mass is 340 g/mol. The van der Waals surface area contributed by atoms with Crippen molar-refractivity contribution in [2.75, 3.05) is 6.61 Å². The molecular formula is C8H16N2O5Sn. The van der Waals surface area contributed by atoms with E-state index in [-0.39, 0.29) is 25.2 Å². The molecule has 7 nitrogen and oxygen atoms in total. The summed E-state index contributed by atoms with van der Waals surface area (Å²) in [5.41, 5.74) is 10.3. The number of unbranched alkanes of at least 4 members (excludes halogenated alkanes) is 1. The van der Waals surface area contributed by atoms with Gasteiger partial charge in [-0.15, -0.1) is 0 Å². The molecule has 0 bridgehead atoms. The summed E-state index contributed by atoms with van der Waals surface area (Å²) >= 11 is -3.68. The fourth-order valence-electron chi connectivity index (χ4n) is 1.08. The van der Waals surface area contributed by atoms with Gasteiger partial charge >= 0.3 is 101 Å². The zero-order valence-electron chi connectivity index (χ0n) is 8.85. The van der Waals surface area contributed by atoms with Crippen molar-refractivity contribution in [3.05, 3.63) is 0 Å². The Kier molecular flexibility index (Phi) is 8.53. The second kappa shape index (κ2) is 8.73. The Morgan fingerprint density at radius 2 is 2.00 bits per heavy atom. The van der Waals surface area contributed by atoms with Crippen molar-refractivity contribution in [1.29, 1.82) is 0 Å². The number of nitrogens with two attached hydrogens (primary N) is 2. The van der Waals surface area contributed by atoms with E-state index in [9.17, 15) is 12.7 Å². The summed E-state index contributed by atoms with van der Waals surface area (Å²) in [5, 5.41) is 0. The number of hydrogen-bond acceptors (Lipinski definition) is 5. The van der Waals surface area contributed by atoms with Gasteiger partial charge in [0.15, 0.2) is 0 Å². The predicted octanol–water partition coefficient (Wildman–Crippen LogP) is -1.65. The Balaban J connectivity index is 3.57. The van der Waals surface area contributed by atoms with Crippen molar-refractivity contribution in [3.8, 4) is 0 Å². The average molecular weight is 339 g/mol. The number of Topliss-reactive ketones (excluding diaryl/α,β-unsaturated/α-hetero) is 1. The molecule has 0 radical (unpaired) electrons.